The summed E-state index contributed by atoms with van der Waals surface area (Å²) in [5, 5.41) is 12.1. The summed E-state index contributed by atoms with van der Waals surface area (Å²) < 4.78 is 15.8. The van der Waals surface area contributed by atoms with Gasteiger partial charge in [0, 0.05) is 11.8 Å². The summed E-state index contributed by atoms with van der Waals surface area (Å²) in [5.41, 5.74) is 0.503. The number of carbonyl (C=O) groups is 2. The van der Waals surface area contributed by atoms with Crippen molar-refractivity contribution in [3.05, 3.63) is 30.4 Å². The van der Waals surface area contributed by atoms with Gasteiger partial charge >= 0.3 is 5.97 Å². The van der Waals surface area contributed by atoms with Gasteiger partial charge in [0.1, 0.15) is 5.92 Å². The maximum atomic E-state index is 12.5. The summed E-state index contributed by atoms with van der Waals surface area (Å²) in [6.45, 7) is 0. The normalized spacial score (nSPS) is 27.7. The monoisotopic (exact) mass is 319 g/mol. The van der Waals surface area contributed by atoms with Crippen LogP contribution in [0.25, 0.3) is 0 Å². The topological polar surface area (TPSA) is 94.1 Å². The number of rotatable bonds is 5. The zero-order chi connectivity index (χ0) is 16.6. The molecule has 1 saturated heterocycles. The molecule has 2 N–H and O–H groups in total. The number of anilines is 1. The molecule has 122 valence electrons. The largest absolute Gasteiger partial charge is 0.493 e. The Morgan fingerprint density at radius 3 is 2.35 bits per heavy atom. The second kappa shape index (κ2) is 5.92. The van der Waals surface area contributed by atoms with Crippen LogP contribution < -0.4 is 14.8 Å². The molecule has 2 heterocycles. The van der Waals surface area contributed by atoms with Crippen LogP contribution in [0.15, 0.2) is 30.4 Å². The molecule has 1 fully saturated rings. The van der Waals surface area contributed by atoms with Crippen LogP contribution in [0.3, 0.4) is 0 Å². The van der Waals surface area contributed by atoms with Crippen molar-refractivity contribution in [1.29, 1.82) is 0 Å². The quantitative estimate of drug-likeness (QED) is 0.795. The molecule has 3 rings (SSSR count). The SMILES string of the molecule is COc1ccc(NC(=O)[C@@H]2[C@@H](C(=O)O)[C@@H]3C=C[C@H]2O3)cc1OC. The van der Waals surface area contributed by atoms with Crippen LogP contribution in [0.4, 0.5) is 5.69 Å². The molecule has 0 unspecified atom stereocenters. The van der Waals surface area contributed by atoms with E-state index in [1.54, 1.807) is 30.4 Å². The fourth-order valence-electron chi connectivity index (χ4n) is 3.05. The summed E-state index contributed by atoms with van der Waals surface area (Å²) >= 11 is 0. The molecule has 0 aliphatic carbocycles. The molecule has 1 aromatic rings. The Kier molecular flexibility index (Phi) is 3.96. The number of benzene rings is 1. The molecule has 2 aliphatic heterocycles. The van der Waals surface area contributed by atoms with Crippen molar-refractivity contribution in [2.45, 2.75) is 12.2 Å². The van der Waals surface area contributed by atoms with Crippen LogP contribution in [0.1, 0.15) is 0 Å². The van der Waals surface area contributed by atoms with Crippen LogP contribution in [-0.2, 0) is 14.3 Å². The number of methoxy groups -OCH3 is 2. The highest BCUT2D eigenvalue weighted by atomic mass is 16.5. The van der Waals surface area contributed by atoms with Crippen LogP contribution in [0.2, 0.25) is 0 Å². The second-order valence-electron chi connectivity index (χ2n) is 5.40. The van der Waals surface area contributed by atoms with Crippen LogP contribution >= 0.6 is 0 Å². The average molecular weight is 319 g/mol. The molecule has 1 aromatic carbocycles. The summed E-state index contributed by atoms with van der Waals surface area (Å²) in [7, 11) is 3.02. The molecule has 0 aromatic heterocycles. The number of nitrogens with one attached hydrogen (secondary N) is 1. The molecular formula is C16H17NO6. The zero-order valence-corrected chi connectivity index (χ0v) is 12.7. The van der Waals surface area contributed by atoms with E-state index in [1.165, 1.54) is 14.2 Å². The van der Waals surface area contributed by atoms with E-state index in [-0.39, 0.29) is 5.91 Å². The molecule has 1 amide bonds. The Morgan fingerprint density at radius 2 is 1.74 bits per heavy atom. The Labute approximate surface area is 132 Å². The van der Waals surface area contributed by atoms with E-state index < -0.39 is 30.0 Å². The van der Waals surface area contributed by atoms with E-state index in [2.05, 4.69) is 5.32 Å². The number of ether oxygens (including phenoxy) is 3. The van der Waals surface area contributed by atoms with Crippen molar-refractivity contribution in [2.24, 2.45) is 11.8 Å². The molecule has 4 atom stereocenters. The predicted molar refractivity (Wildman–Crippen MR) is 80.6 cm³/mol. The van der Waals surface area contributed by atoms with Gasteiger partial charge in [0.05, 0.1) is 32.3 Å². The van der Waals surface area contributed by atoms with Crippen molar-refractivity contribution < 1.29 is 28.9 Å². The third-order valence-corrected chi connectivity index (χ3v) is 4.14. The lowest BCUT2D eigenvalue weighted by Crippen LogP contribution is -2.39. The van der Waals surface area contributed by atoms with Gasteiger partial charge < -0.3 is 24.6 Å². The van der Waals surface area contributed by atoms with Gasteiger partial charge in [-0.3, -0.25) is 9.59 Å². The number of fused-ring (bicyclic) bond motifs is 2. The van der Waals surface area contributed by atoms with Gasteiger partial charge in [-0.1, -0.05) is 12.2 Å². The van der Waals surface area contributed by atoms with E-state index >= 15 is 0 Å². The first-order valence-corrected chi connectivity index (χ1v) is 7.14. The molecule has 7 nitrogen and oxygen atoms in total. The molecule has 7 heteroatoms. The lowest BCUT2D eigenvalue weighted by atomic mass is 9.82. The molecule has 0 saturated carbocycles. The first-order valence-electron chi connectivity index (χ1n) is 7.14. The Bertz CT molecular complexity index is 671. The predicted octanol–water partition coefficient (Wildman–Crippen LogP) is 1.30. The van der Waals surface area contributed by atoms with E-state index in [4.69, 9.17) is 14.2 Å². The summed E-state index contributed by atoms with van der Waals surface area (Å²) in [5.74, 6) is -2.03. The van der Waals surface area contributed by atoms with Gasteiger partial charge in [0.25, 0.3) is 0 Å². The van der Waals surface area contributed by atoms with Crippen molar-refractivity contribution in [2.75, 3.05) is 19.5 Å². The van der Waals surface area contributed by atoms with Crippen LogP contribution in [0, 0.1) is 11.8 Å². The molecule has 0 spiro atoms. The van der Waals surface area contributed by atoms with Crippen molar-refractivity contribution in [3.8, 4) is 11.5 Å². The third-order valence-electron chi connectivity index (χ3n) is 4.14. The van der Waals surface area contributed by atoms with Crippen molar-refractivity contribution in [1.82, 2.24) is 0 Å². The standard InChI is InChI=1S/C16H17NO6/c1-21-9-4-3-8(7-12(9)22-2)17-15(18)13-10-5-6-11(23-10)14(13)16(19)20/h3-7,10-11,13-14H,1-2H3,(H,17,18)(H,19,20)/t10-,11+,13+,14+/m1/s1. The van der Waals surface area contributed by atoms with E-state index in [9.17, 15) is 14.7 Å². The smallest absolute Gasteiger partial charge is 0.310 e. The molecular weight excluding hydrogens is 302 g/mol. The summed E-state index contributed by atoms with van der Waals surface area (Å²) in [6.07, 6.45) is 2.40. The fraction of sp³-hybridized carbons (Fsp3) is 0.375. The highest BCUT2D eigenvalue weighted by Crippen LogP contribution is 2.40. The van der Waals surface area contributed by atoms with Crippen molar-refractivity contribution >= 4 is 17.6 Å². The second-order valence-corrected chi connectivity index (χ2v) is 5.40. The maximum absolute atomic E-state index is 12.5. The van der Waals surface area contributed by atoms with Crippen LogP contribution in [0.5, 0.6) is 11.5 Å². The number of hydrogen-bond donors (Lipinski definition) is 2. The number of hydrogen-bond acceptors (Lipinski definition) is 5. The molecule has 23 heavy (non-hydrogen) atoms. The number of carboxylic acids is 1. The van der Waals surface area contributed by atoms with Crippen molar-refractivity contribution in [3.63, 3.8) is 0 Å². The Balaban J connectivity index is 1.79. The third kappa shape index (κ3) is 2.63. The Morgan fingerprint density at radius 1 is 1.09 bits per heavy atom. The summed E-state index contributed by atoms with van der Waals surface area (Å²) in [6, 6.07) is 4.95. The number of amides is 1. The lowest BCUT2D eigenvalue weighted by molar-refractivity contribution is -0.145. The number of aliphatic carboxylic acids is 1. The minimum atomic E-state index is -1.03. The highest BCUT2D eigenvalue weighted by Gasteiger charge is 2.53. The molecule has 2 aliphatic rings. The van der Waals surface area contributed by atoms with Gasteiger partial charge in [-0.05, 0) is 12.1 Å². The molecule has 0 radical (unpaired) electrons. The number of carbonyl (C=O) groups excluding carboxylic acids is 1. The summed E-state index contributed by atoms with van der Waals surface area (Å²) in [4.78, 5) is 23.9. The highest BCUT2D eigenvalue weighted by molar-refractivity contribution is 5.96. The maximum Gasteiger partial charge on any atom is 0.310 e. The average Bonchev–Trinajstić information content (AvgIpc) is 3.15. The molecule has 2 bridgehead atoms. The van der Waals surface area contributed by atoms with Gasteiger partial charge in [0.15, 0.2) is 11.5 Å². The van der Waals surface area contributed by atoms with E-state index in [0.717, 1.165) is 0 Å². The first kappa shape index (κ1) is 15.4. The Hall–Kier alpha value is -2.54. The zero-order valence-electron chi connectivity index (χ0n) is 12.7. The first-order chi connectivity index (χ1) is 11.0. The van der Waals surface area contributed by atoms with E-state index in [0.29, 0.717) is 17.2 Å². The fourth-order valence-corrected chi connectivity index (χ4v) is 3.05. The minimum absolute atomic E-state index is 0.388. The lowest BCUT2D eigenvalue weighted by Gasteiger charge is -2.21. The van der Waals surface area contributed by atoms with Gasteiger partial charge in [-0.15, -0.1) is 0 Å². The van der Waals surface area contributed by atoms with Gasteiger partial charge in [-0.25, -0.2) is 0 Å². The van der Waals surface area contributed by atoms with Gasteiger partial charge in [-0.2, -0.15) is 0 Å². The number of carboxylic acid groups (broad SMARTS) is 1. The van der Waals surface area contributed by atoms with Crippen LogP contribution in [-0.4, -0.2) is 43.4 Å². The van der Waals surface area contributed by atoms with Gasteiger partial charge in [0.2, 0.25) is 5.91 Å². The minimum Gasteiger partial charge on any atom is -0.493 e. The van der Waals surface area contributed by atoms with E-state index in [1.807, 2.05) is 0 Å².